The molecule has 1 N–H and O–H groups in total. The molecule has 0 spiro atoms. The van der Waals surface area contributed by atoms with Gasteiger partial charge >= 0.3 is 5.69 Å². The highest BCUT2D eigenvalue weighted by molar-refractivity contribution is 6.36. The van der Waals surface area contributed by atoms with Gasteiger partial charge in [0.2, 0.25) is 0 Å². The van der Waals surface area contributed by atoms with E-state index >= 15 is 0 Å². The molecular weight excluding hydrogens is 472 g/mol. The van der Waals surface area contributed by atoms with Crippen molar-refractivity contribution in [3.8, 4) is 11.3 Å². The van der Waals surface area contributed by atoms with Crippen molar-refractivity contribution in [2.75, 3.05) is 6.61 Å². The number of hydrogen-bond donors (Lipinski definition) is 1. The third-order valence-electron chi connectivity index (χ3n) is 5.42. The third-order valence-corrected chi connectivity index (χ3v) is 6.13. The van der Waals surface area contributed by atoms with E-state index in [2.05, 4.69) is 15.1 Å². The standard InChI is InChI=1S/C22H18Cl2FN5O3/c1-12(19-15(23)2-3-16(25)20(19)24)33-30-18-5-4-17(27-21(18)28-22(30)31)13-10-26-29(11-13)14-6-8-32-9-7-14/h2-6,8,10-12,14H,7,9H2,1H3,(H,27,28,31). The van der Waals surface area contributed by atoms with Crippen LogP contribution < -0.4 is 10.5 Å². The second-order valence-electron chi connectivity index (χ2n) is 7.56. The Bertz CT molecular complexity index is 1430. The molecule has 0 fully saturated rings. The Morgan fingerprint density at radius 3 is 2.94 bits per heavy atom. The summed E-state index contributed by atoms with van der Waals surface area (Å²) < 4.78 is 22.1. The molecule has 2 unspecified atom stereocenters. The summed E-state index contributed by atoms with van der Waals surface area (Å²) in [6, 6.07) is 6.16. The van der Waals surface area contributed by atoms with Gasteiger partial charge in [-0.15, -0.1) is 4.73 Å². The maximum absolute atomic E-state index is 13.9. The molecular formula is C22H18Cl2FN5O3. The largest absolute Gasteiger partial charge is 0.501 e. The highest BCUT2D eigenvalue weighted by Gasteiger charge is 2.21. The van der Waals surface area contributed by atoms with Crippen molar-refractivity contribution in [2.24, 2.45) is 0 Å². The number of pyridine rings is 1. The van der Waals surface area contributed by atoms with E-state index in [4.69, 9.17) is 32.8 Å². The van der Waals surface area contributed by atoms with Crippen LogP contribution in [0.15, 0.2) is 53.8 Å². The Morgan fingerprint density at radius 1 is 1.30 bits per heavy atom. The van der Waals surface area contributed by atoms with Crippen LogP contribution in [0.1, 0.15) is 31.1 Å². The molecule has 3 aromatic heterocycles. The topological polar surface area (TPSA) is 87.0 Å². The fourth-order valence-electron chi connectivity index (χ4n) is 3.73. The number of ether oxygens (including phenoxy) is 1. The molecule has 0 aliphatic carbocycles. The molecule has 33 heavy (non-hydrogen) atoms. The Kier molecular flexibility index (Phi) is 5.59. The second-order valence-corrected chi connectivity index (χ2v) is 8.34. The molecule has 8 nitrogen and oxygen atoms in total. The predicted octanol–water partition coefficient (Wildman–Crippen LogP) is 4.70. The van der Waals surface area contributed by atoms with Crippen molar-refractivity contribution >= 4 is 34.4 Å². The van der Waals surface area contributed by atoms with Crippen molar-refractivity contribution in [2.45, 2.75) is 25.5 Å². The van der Waals surface area contributed by atoms with Crippen LogP contribution in [0, 0.1) is 5.82 Å². The highest BCUT2D eigenvalue weighted by Crippen LogP contribution is 2.33. The molecule has 0 saturated heterocycles. The summed E-state index contributed by atoms with van der Waals surface area (Å²) in [4.78, 5) is 25.6. The Morgan fingerprint density at radius 2 is 2.15 bits per heavy atom. The van der Waals surface area contributed by atoms with E-state index < -0.39 is 17.6 Å². The van der Waals surface area contributed by atoms with Crippen LogP contribution in [0.4, 0.5) is 4.39 Å². The van der Waals surface area contributed by atoms with Crippen molar-refractivity contribution in [1.29, 1.82) is 0 Å². The zero-order valence-electron chi connectivity index (χ0n) is 17.3. The maximum Gasteiger partial charge on any atom is 0.360 e. The lowest BCUT2D eigenvalue weighted by atomic mass is 10.1. The zero-order valence-corrected chi connectivity index (χ0v) is 18.8. The van der Waals surface area contributed by atoms with E-state index in [1.165, 1.54) is 12.1 Å². The van der Waals surface area contributed by atoms with Crippen molar-refractivity contribution in [3.05, 3.63) is 80.9 Å². The van der Waals surface area contributed by atoms with Gasteiger partial charge in [0.05, 0.1) is 35.8 Å². The molecule has 0 saturated carbocycles. The molecule has 1 aliphatic heterocycles. The number of aromatic nitrogens is 5. The van der Waals surface area contributed by atoms with Gasteiger partial charge < -0.3 is 9.57 Å². The van der Waals surface area contributed by atoms with Crippen LogP contribution in [-0.2, 0) is 4.74 Å². The number of halogens is 3. The van der Waals surface area contributed by atoms with Crippen LogP contribution in [0.25, 0.3) is 22.4 Å². The Hall–Kier alpha value is -3.30. The molecule has 11 heteroatoms. The Labute approximate surface area is 197 Å². The number of nitrogens with zero attached hydrogens (tertiary/aromatic N) is 4. The first-order valence-electron chi connectivity index (χ1n) is 10.2. The summed E-state index contributed by atoms with van der Waals surface area (Å²) in [5.41, 5.74) is 1.91. The molecule has 0 amide bonds. The summed E-state index contributed by atoms with van der Waals surface area (Å²) in [5, 5.41) is 4.51. The van der Waals surface area contributed by atoms with Gasteiger partial charge in [0, 0.05) is 28.8 Å². The van der Waals surface area contributed by atoms with Gasteiger partial charge in [0.15, 0.2) is 11.8 Å². The average Bonchev–Trinajstić information content (AvgIpc) is 3.42. The second kappa shape index (κ2) is 8.57. The smallest absolute Gasteiger partial charge is 0.360 e. The molecule has 4 heterocycles. The SMILES string of the molecule is CC(On1c(=O)[nH]c2nc(-c3cnn(C4C=COCC4)c3)ccc21)c1c(Cl)ccc(F)c1Cl. The zero-order chi connectivity index (χ0) is 23.1. The van der Waals surface area contributed by atoms with Crippen LogP contribution in [0.3, 0.4) is 0 Å². The van der Waals surface area contributed by atoms with Crippen molar-refractivity contribution in [1.82, 2.24) is 24.5 Å². The quantitative estimate of drug-likeness (QED) is 0.410. The van der Waals surface area contributed by atoms with Crippen LogP contribution in [-0.4, -0.2) is 31.1 Å². The summed E-state index contributed by atoms with van der Waals surface area (Å²) in [6.07, 6.45) is 7.27. The van der Waals surface area contributed by atoms with Gasteiger partial charge in [0.1, 0.15) is 11.3 Å². The van der Waals surface area contributed by atoms with Gasteiger partial charge in [-0.3, -0.25) is 9.67 Å². The summed E-state index contributed by atoms with van der Waals surface area (Å²) in [5.74, 6) is -0.624. The van der Waals surface area contributed by atoms with Gasteiger partial charge in [-0.1, -0.05) is 23.2 Å². The summed E-state index contributed by atoms with van der Waals surface area (Å²) in [6.45, 7) is 2.26. The lowest BCUT2D eigenvalue weighted by Gasteiger charge is -2.17. The fraction of sp³-hybridized carbons (Fsp3) is 0.227. The number of nitrogens with one attached hydrogen (secondary N) is 1. The molecule has 2 atom stereocenters. The van der Waals surface area contributed by atoms with Gasteiger partial charge in [-0.2, -0.15) is 5.10 Å². The molecule has 170 valence electrons. The first-order chi connectivity index (χ1) is 15.9. The van der Waals surface area contributed by atoms with E-state index in [-0.39, 0.29) is 21.7 Å². The van der Waals surface area contributed by atoms with E-state index in [0.717, 1.165) is 16.7 Å². The van der Waals surface area contributed by atoms with Crippen molar-refractivity contribution in [3.63, 3.8) is 0 Å². The van der Waals surface area contributed by atoms with Gasteiger partial charge in [-0.25, -0.2) is 14.2 Å². The number of fused-ring (bicyclic) bond motifs is 1. The van der Waals surface area contributed by atoms with Gasteiger partial charge in [0.25, 0.3) is 0 Å². The summed E-state index contributed by atoms with van der Waals surface area (Å²) >= 11 is 12.3. The summed E-state index contributed by atoms with van der Waals surface area (Å²) in [7, 11) is 0. The number of aromatic amines is 1. The molecule has 5 rings (SSSR count). The number of benzene rings is 1. The van der Waals surface area contributed by atoms with Crippen LogP contribution in [0.5, 0.6) is 0 Å². The first kappa shape index (κ1) is 21.5. The number of hydrogen-bond acceptors (Lipinski definition) is 5. The maximum atomic E-state index is 13.9. The number of imidazole rings is 1. The third kappa shape index (κ3) is 3.98. The first-order valence-corrected chi connectivity index (χ1v) is 10.9. The minimum Gasteiger partial charge on any atom is -0.501 e. The molecule has 0 radical (unpaired) electrons. The minimum absolute atomic E-state index is 0.119. The fourth-order valence-corrected chi connectivity index (χ4v) is 4.41. The molecule has 1 aliphatic rings. The van der Waals surface area contributed by atoms with Crippen molar-refractivity contribution < 1.29 is 14.0 Å². The monoisotopic (exact) mass is 489 g/mol. The number of H-pyrrole nitrogens is 1. The minimum atomic E-state index is -0.803. The van der Waals surface area contributed by atoms with E-state index in [1.54, 1.807) is 31.5 Å². The lowest BCUT2D eigenvalue weighted by Crippen LogP contribution is -2.26. The predicted molar refractivity (Wildman–Crippen MR) is 122 cm³/mol. The van der Waals surface area contributed by atoms with E-state index in [1.807, 2.05) is 17.0 Å². The lowest BCUT2D eigenvalue weighted by molar-refractivity contribution is 0.0492. The molecule has 1 aromatic carbocycles. The number of rotatable bonds is 5. The number of allylic oxidation sites excluding steroid dienone is 1. The molecule has 4 aromatic rings. The highest BCUT2D eigenvalue weighted by atomic mass is 35.5. The van der Waals surface area contributed by atoms with Gasteiger partial charge in [-0.05, 0) is 37.3 Å². The molecule has 0 bridgehead atoms. The van der Waals surface area contributed by atoms with Crippen LogP contribution in [0.2, 0.25) is 10.0 Å². The van der Waals surface area contributed by atoms with E-state index in [9.17, 15) is 9.18 Å². The Balaban J connectivity index is 1.45. The van der Waals surface area contributed by atoms with Crippen LogP contribution >= 0.6 is 23.2 Å². The van der Waals surface area contributed by atoms with E-state index in [0.29, 0.717) is 23.5 Å². The average molecular weight is 490 g/mol. The normalized spacial score (nSPS) is 16.7.